The van der Waals surface area contributed by atoms with E-state index in [0.29, 0.717) is 18.7 Å². The largest absolute Gasteiger partial charge is 0.496 e. The molecular weight excluding hydrogens is 432 g/mol. The Balaban J connectivity index is 1.81. The summed E-state index contributed by atoms with van der Waals surface area (Å²) in [4.78, 5) is 24.6. The molecule has 1 N–H and O–H groups in total. The van der Waals surface area contributed by atoms with Crippen LogP contribution in [0.1, 0.15) is 36.7 Å². The van der Waals surface area contributed by atoms with Crippen LogP contribution in [0.3, 0.4) is 0 Å². The van der Waals surface area contributed by atoms with Gasteiger partial charge in [0.25, 0.3) is 15.9 Å². The fourth-order valence-corrected chi connectivity index (χ4v) is 4.89. The molecule has 8 nitrogen and oxygen atoms in total. The molecule has 2 aromatic carbocycles. The van der Waals surface area contributed by atoms with Gasteiger partial charge in [-0.3, -0.25) is 9.10 Å². The number of sulfonamides is 1. The van der Waals surface area contributed by atoms with Crippen molar-refractivity contribution >= 4 is 27.6 Å². The van der Waals surface area contributed by atoms with E-state index in [2.05, 4.69) is 5.32 Å². The molecule has 1 aliphatic rings. The number of fused-ring (bicyclic) bond motifs is 1. The summed E-state index contributed by atoms with van der Waals surface area (Å²) in [6, 6.07) is 11.3. The molecule has 9 heteroatoms. The van der Waals surface area contributed by atoms with E-state index < -0.39 is 28.5 Å². The number of hydrogen-bond acceptors (Lipinski definition) is 6. The smallest absolute Gasteiger partial charge is 0.342 e. The van der Waals surface area contributed by atoms with E-state index in [1.165, 1.54) is 29.6 Å². The number of esters is 1. The van der Waals surface area contributed by atoms with Gasteiger partial charge in [-0.2, -0.15) is 0 Å². The molecule has 0 saturated carbocycles. The molecule has 1 aliphatic heterocycles. The van der Waals surface area contributed by atoms with Crippen molar-refractivity contribution in [1.82, 2.24) is 5.32 Å². The van der Waals surface area contributed by atoms with Crippen molar-refractivity contribution in [3.05, 3.63) is 53.6 Å². The highest BCUT2D eigenvalue weighted by Crippen LogP contribution is 2.34. The first-order valence-corrected chi connectivity index (χ1v) is 11.8. The summed E-state index contributed by atoms with van der Waals surface area (Å²) < 4.78 is 38.2. The average Bonchev–Trinajstić information content (AvgIpc) is 3.22. The fraction of sp³-hybridized carbons (Fsp3) is 0.391. The zero-order chi connectivity index (χ0) is 23.5. The SMILES string of the molecule is COc1ccc(S(=O)(=O)N2CCc3ccccc32)cc1C(=O)OCC(=O)N[C@H](C)C(C)C. The lowest BCUT2D eigenvalue weighted by Gasteiger charge is -2.20. The molecular formula is C23H28N2O6S. The third-order valence-electron chi connectivity index (χ3n) is 5.55. The van der Waals surface area contributed by atoms with Crippen LogP contribution in [0, 0.1) is 5.92 Å². The van der Waals surface area contributed by atoms with Crippen LogP contribution in [0.15, 0.2) is 47.4 Å². The number of amides is 1. The van der Waals surface area contributed by atoms with Gasteiger partial charge in [0.15, 0.2) is 6.61 Å². The van der Waals surface area contributed by atoms with Crippen molar-refractivity contribution in [2.24, 2.45) is 5.92 Å². The third-order valence-corrected chi connectivity index (χ3v) is 7.36. The first-order valence-electron chi connectivity index (χ1n) is 10.4. The second kappa shape index (κ2) is 9.60. The molecule has 0 unspecified atom stereocenters. The number of carbonyl (C=O) groups is 2. The van der Waals surface area contributed by atoms with E-state index in [0.717, 1.165) is 5.56 Å². The normalized spacial score (nSPS) is 14.1. The Morgan fingerprint density at radius 3 is 2.53 bits per heavy atom. The van der Waals surface area contributed by atoms with Crippen LogP contribution < -0.4 is 14.4 Å². The van der Waals surface area contributed by atoms with E-state index in [1.54, 1.807) is 12.1 Å². The van der Waals surface area contributed by atoms with Crippen LogP contribution in [0.5, 0.6) is 5.75 Å². The molecule has 2 aromatic rings. The summed E-state index contributed by atoms with van der Waals surface area (Å²) in [5, 5.41) is 2.75. The molecule has 0 aliphatic carbocycles. The zero-order valence-electron chi connectivity index (χ0n) is 18.6. The quantitative estimate of drug-likeness (QED) is 0.608. The maximum Gasteiger partial charge on any atom is 0.342 e. The van der Waals surface area contributed by atoms with Gasteiger partial charge in [-0.05, 0) is 49.1 Å². The van der Waals surface area contributed by atoms with Gasteiger partial charge in [0, 0.05) is 12.6 Å². The van der Waals surface area contributed by atoms with E-state index in [1.807, 2.05) is 32.9 Å². The number of rotatable bonds is 8. The van der Waals surface area contributed by atoms with Crippen molar-refractivity contribution < 1.29 is 27.5 Å². The lowest BCUT2D eigenvalue weighted by atomic mass is 10.1. The van der Waals surface area contributed by atoms with Crippen LogP contribution >= 0.6 is 0 Å². The van der Waals surface area contributed by atoms with Gasteiger partial charge in [0.2, 0.25) is 0 Å². The first kappa shape index (κ1) is 23.6. The molecule has 0 saturated heterocycles. The van der Waals surface area contributed by atoms with Crippen molar-refractivity contribution in [2.45, 2.75) is 38.1 Å². The molecule has 0 fully saturated rings. The Kier molecular flexibility index (Phi) is 7.08. The lowest BCUT2D eigenvalue weighted by molar-refractivity contribution is -0.125. The third kappa shape index (κ3) is 4.88. The molecule has 0 spiro atoms. The standard InChI is InChI=1S/C23H28N2O6S/c1-15(2)16(3)24-22(26)14-31-23(27)19-13-18(9-10-21(19)30-4)32(28,29)25-12-11-17-7-5-6-8-20(17)25/h5-10,13,15-16H,11-12,14H2,1-4H3,(H,24,26)/t16-/m1/s1. The maximum atomic E-state index is 13.3. The average molecular weight is 461 g/mol. The highest BCUT2D eigenvalue weighted by molar-refractivity contribution is 7.92. The topological polar surface area (TPSA) is 102 Å². The first-order chi connectivity index (χ1) is 15.1. The summed E-state index contributed by atoms with van der Waals surface area (Å²) in [6.45, 7) is 5.63. The molecule has 32 heavy (non-hydrogen) atoms. The molecule has 1 amide bonds. The fourth-order valence-electron chi connectivity index (χ4n) is 3.36. The Hall–Kier alpha value is -3.07. The van der Waals surface area contributed by atoms with Crippen molar-refractivity contribution in [1.29, 1.82) is 0 Å². The van der Waals surface area contributed by atoms with Gasteiger partial charge < -0.3 is 14.8 Å². The highest BCUT2D eigenvalue weighted by Gasteiger charge is 2.32. The van der Waals surface area contributed by atoms with E-state index in [-0.39, 0.29) is 28.2 Å². The Morgan fingerprint density at radius 1 is 1.12 bits per heavy atom. The predicted octanol–water partition coefficient (Wildman–Crippen LogP) is 2.76. The second-order valence-corrected chi connectivity index (χ2v) is 9.86. The summed E-state index contributed by atoms with van der Waals surface area (Å²) in [5.41, 5.74) is 1.51. The van der Waals surface area contributed by atoms with Crippen molar-refractivity contribution in [3.8, 4) is 5.75 Å². The van der Waals surface area contributed by atoms with Gasteiger partial charge in [-0.1, -0.05) is 32.0 Å². The Labute approximate surface area is 188 Å². The molecule has 0 bridgehead atoms. The number of para-hydroxylation sites is 1. The van der Waals surface area contributed by atoms with Crippen LogP contribution in [0.4, 0.5) is 5.69 Å². The predicted molar refractivity (Wildman–Crippen MR) is 120 cm³/mol. The number of ether oxygens (including phenoxy) is 2. The number of carbonyl (C=O) groups excluding carboxylic acids is 2. The zero-order valence-corrected chi connectivity index (χ0v) is 19.4. The van der Waals surface area contributed by atoms with E-state index >= 15 is 0 Å². The number of benzene rings is 2. The maximum absolute atomic E-state index is 13.3. The van der Waals surface area contributed by atoms with E-state index in [9.17, 15) is 18.0 Å². The van der Waals surface area contributed by atoms with Gasteiger partial charge in [-0.15, -0.1) is 0 Å². The molecule has 172 valence electrons. The lowest BCUT2D eigenvalue weighted by Crippen LogP contribution is -2.38. The van der Waals surface area contributed by atoms with Gasteiger partial charge in [-0.25, -0.2) is 13.2 Å². The molecule has 1 heterocycles. The minimum Gasteiger partial charge on any atom is -0.496 e. The summed E-state index contributed by atoms with van der Waals surface area (Å²) in [5.74, 6) is -0.886. The minimum atomic E-state index is -3.90. The van der Waals surface area contributed by atoms with Crippen molar-refractivity contribution in [3.63, 3.8) is 0 Å². The van der Waals surface area contributed by atoms with E-state index in [4.69, 9.17) is 9.47 Å². The monoisotopic (exact) mass is 460 g/mol. The summed E-state index contributed by atoms with van der Waals surface area (Å²) in [6.07, 6.45) is 0.615. The summed E-state index contributed by atoms with van der Waals surface area (Å²) >= 11 is 0. The summed E-state index contributed by atoms with van der Waals surface area (Å²) in [7, 11) is -2.53. The molecule has 0 radical (unpaired) electrons. The van der Waals surface area contributed by atoms with Crippen molar-refractivity contribution in [2.75, 3.05) is 24.6 Å². The van der Waals surface area contributed by atoms with Crippen LogP contribution in [-0.4, -0.2) is 46.6 Å². The van der Waals surface area contributed by atoms with Gasteiger partial charge in [0.05, 0.1) is 17.7 Å². The second-order valence-electron chi connectivity index (χ2n) is 7.99. The van der Waals surface area contributed by atoms with Gasteiger partial charge in [0.1, 0.15) is 11.3 Å². The van der Waals surface area contributed by atoms with Gasteiger partial charge >= 0.3 is 5.97 Å². The number of hydrogen-bond donors (Lipinski definition) is 1. The van der Waals surface area contributed by atoms with Crippen LogP contribution in [0.2, 0.25) is 0 Å². The number of methoxy groups -OCH3 is 1. The molecule has 1 atom stereocenters. The molecule has 0 aromatic heterocycles. The molecule has 3 rings (SSSR count). The van der Waals surface area contributed by atoms with Crippen LogP contribution in [0.25, 0.3) is 0 Å². The minimum absolute atomic E-state index is 0.0557. The highest BCUT2D eigenvalue weighted by atomic mass is 32.2. The number of nitrogens with zero attached hydrogens (tertiary/aromatic N) is 1. The Bertz CT molecular complexity index is 1110. The number of nitrogens with one attached hydrogen (secondary N) is 1. The Morgan fingerprint density at radius 2 is 1.84 bits per heavy atom. The van der Waals surface area contributed by atoms with Crippen LogP contribution in [-0.2, 0) is 26.0 Å². The number of anilines is 1.